The molecule has 0 spiro atoms. The molecule has 0 atom stereocenters. The third-order valence-electron chi connectivity index (χ3n) is 6.79. The van der Waals surface area contributed by atoms with Gasteiger partial charge in [0.1, 0.15) is 16.3 Å². The van der Waals surface area contributed by atoms with E-state index in [9.17, 15) is 14.4 Å². The summed E-state index contributed by atoms with van der Waals surface area (Å²) in [6.07, 6.45) is 0.562. The Balaban J connectivity index is 1.83. The molecule has 2 aromatic heterocycles. The molecule has 0 aliphatic carbocycles. The Morgan fingerprint density at radius 1 is 1.08 bits per heavy atom. The predicted octanol–water partition coefficient (Wildman–Crippen LogP) is 3.49. The van der Waals surface area contributed by atoms with Gasteiger partial charge in [-0.15, -0.1) is 11.3 Å². The lowest BCUT2D eigenvalue weighted by atomic mass is 10.0. The van der Waals surface area contributed by atoms with Gasteiger partial charge >= 0.3 is 5.69 Å². The van der Waals surface area contributed by atoms with Gasteiger partial charge in [-0.25, -0.2) is 9.36 Å². The fraction of sp³-hybridized carbons (Fsp3) is 0.296. The van der Waals surface area contributed by atoms with Gasteiger partial charge < -0.3 is 14.4 Å². The number of hydrogen-bond donors (Lipinski definition) is 0. The maximum atomic E-state index is 14.0. The molecule has 0 bridgehead atoms. The largest absolute Gasteiger partial charge is 0.497 e. The average molecular weight is 506 g/mol. The first-order valence-electron chi connectivity index (χ1n) is 11.7. The van der Waals surface area contributed by atoms with Crippen LogP contribution in [0.5, 0.6) is 11.5 Å². The van der Waals surface area contributed by atoms with Gasteiger partial charge in [-0.3, -0.25) is 14.2 Å². The van der Waals surface area contributed by atoms with Crippen LogP contribution in [0.3, 0.4) is 0 Å². The molecule has 1 aliphatic heterocycles. The van der Waals surface area contributed by atoms with Crippen molar-refractivity contribution >= 4 is 27.5 Å². The van der Waals surface area contributed by atoms with Crippen LogP contribution in [-0.2, 0) is 24.3 Å². The molecule has 2 aromatic carbocycles. The van der Waals surface area contributed by atoms with E-state index in [1.54, 1.807) is 41.7 Å². The molecule has 1 aliphatic rings. The molecular formula is C27H27N3O5S. The smallest absolute Gasteiger partial charge is 0.337 e. The molecule has 3 heterocycles. The fourth-order valence-corrected chi connectivity index (χ4v) is 6.10. The zero-order valence-corrected chi connectivity index (χ0v) is 21.5. The molecule has 8 nitrogen and oxygen atoms in total. The van der Waals surface area contributed by atoms with Crippen molar-refractivity contribution in [3.8, 4) is 17.2 Å². The number of methoxy groups -OCH3 is 2. The lowest BCUT2D eigenvalue weighted by Gasteiger charge is -2.25. The number of benzene rings is 2. The van der Waals surface area contributed by atoms with Crippen LogP contribution in [0.1, 0.15) is 28.5 Å². The van der Waals surface area contributed by atoms with Crippen molar-refractivity contribution in [2.24, 2.45) is 0 Å². The second kappa shape index (κ2) is 9.31. The SMILES string of the molecule is COc1ccc(-n2c(=O)c3c4c(sc3n(Cc3ccccc3C)c2=O)CN(C(C)=O)CC4)c(OC)c1. The second-order valence-corrected chi connectivity index (χ2v) is 9.93. The average Bonchev–Trinajstić information content (AvgIpc) is 3.26. The fourth-order valence-electron chi connectivity index (χ4n) is 4.75. The van der Waals surface area contributed by atoms with Crippen molar-refractivity contribution in [3.05, 3.63) is 84.9 Å². The van der Waals surface area contributed by atoms with Crippen LogP contribution in [0.4, 0.5) is 0 Å². The molecule has 186 valence electrons. The third-order valence-corrected chi connectivity index (χ3v) is 8.03. The quantitative estimate of drug-likeness (QED) is 0.415. The molecule has 1 amide bonds. The number of aryl methyl sites for hydroxylation is 1. The highest BCUT2D eigenvalue weighted by molar-refractivity contribution is 7.18. The van der Waals surface area contributed by atoms with Gasteiger partial charge in [0, 0.05) is 24.4 Å². The molecule has 9 heteroatoms. The minimum Gasteiger partial charge on any atom is -0.497 e. The maximum Gasteiger partial charge on any atom is 0.337 e. The van der Waals surface area contributed by atoms with Gasteiger partial charge in [0.25, 0.3) is 5.56 Å². The number of rotatable bonds is 5. The third kappa shape index (κ3) is 3.89. The molecule has 0 saturated heterocycles. The van der Waals surface area contributed by atoms with E-state index >= 15 is 0 Å². The van der Waals surface area contributed by atoms with Gasteiger partial charge in [0.15, 0.2) is 0 Å². The van der Waals surface area contributed by atoms with E-state index in [1.165, 1.54) is 23.0 Å². The number of thiophene rings is 1. The number of nitrogens with zero attached hydrogens (tertiary/aromatic N) is 3. The van der Waals surface area contributed by atoms with Crippen molar-refractivity contribution in [1.82, 2.24) is 14.0 Å². The Hall–Kier alpha value is -3.85. The van der Waals surface area contributed by atoms with Crippen molar-refractivity contribution in [1.29, 1.82) is 0 Å². The molecule has 0 unspecified atom stereocenters. The monoisotopic (exact) mass is 505 g/mol. The number of carbonyl (C=O) groups excluding carboxylic acids is 1. The van der Waals surface area contributed by atoms with Crippen LogP contribution in [0.25, 0.3) is 15.9 Å². The molecule has 0 saturated carbocycles. The van der Waals surface area contributed by atoms with Crippen LogP contribution in [-0.4, -0.2) is 40.7 Å². The molecule has 5 rings (SSSR count). The zero-order valence-electron chi connectivity index (χ0n) is 20.7. The molecule has 0 N–H and O–H groups in total. The number of aromatic nitrogens is 2. The number of carbonyl (C=O) groups is 1. The normalized spacial score (nSPS) is 13.1. The second-order valence-electron chi connectivity index (χ2n) is 8.85. The van der Waals surface area contributed by atoms with Crippen LogP contribution >= 0.6 is 11.3 Å². The summed E-state index contributed by atoms with van der Waals surface area (Å²) in [7, 11) is 3.04. The standard InChI is InChI=1S/C27H27N3O5S/c1-16-7-5-6-8-18(16)14-29-26-24(20-11-12-28(17(2)31)15-23(20)36-26)25(32)30(27(29)33)21-10-9-19(34-3)13-22(21)35-4/h5-10,13H,11-12,14-15H2,1-4H3. The topological polar surface area (TPSA) is 82.8 Å². The Morgan fingerprint density at radius 3 is 2.56 bits per heavy atom. The first-order chi connectivity index (χ1) is 17.3. The predicted molar refractivity (Wildman–Crippen MR) is 140 cm³/mol. The van der Waals surface area contributed by atoms with Crippen molar-refractivity contribution in [2.75, 3.05) is 20.8 Å². The Bertz CT molecular complexity index is 1610. The first kappa shape index (κ1) is 23.9. The lowest BCUT2D eigenvalue weighted by molar-refractivity contribution is -0.129. The number of ether oxygens (including phenoxy) is 2. The summed E-state index contributed by atoms with van der Waals surface area (Å²) in [6.45, 7) is 4.85. The maximum absolute atomic E-state index is 14.0. The van der Waals surface area contributed by atoms with Gasteiger partial charge in [-0.05, 0) is 42.2 Å². The molecule has 0 radical (unpaired) electrons. The van der Waals surface area contributed by atoms with Crippen LogP contribution in [0, 0.1) is 6.92 Å². The van der Waals surface area contributed by atoms with Gasteiger partial charge in [0.05, 0.1) is 38.4 Å². The molecule has 0 fully saturated rings. The highest BCUT2D eigenvalue weighted by Gasteiger charge is 2.28. The van der Waals surface area contributed by atoms with E-state index in [2.05, 4.69) is 0 Å². The summed E-state index contributed by atoms with van der Waals surface area (Å²) in [5.74, 6) is 0.917. The van der Waals surface area contributed by atoms with Crippen molar-refractivity contribution < 1.29 is 14.3 Å². The summed E-state index contributed by atoms with van der Waals surface area (Å²) < 4.78 is 13.7. The van der Waals surface area contributed by atoms with E-state index in [-0.39, 0.29) is 11.5 Å². The van der Waals surface area contributed by atoms with Gasteiger partial charge in [-0.2, -0.15) is 0 Å². The van der Waals surface area contributed by atoms with Crippen molar-refractivity contribution in [3.63, 3.8) is 0 Å². The summed E-state index contributed by atoms with van der Waals surface area (Å²) >= 11 is 1.43. The number of hydrogen-bond acceptors (Lipinski definition) is 6. The molecule has 4 aromatic rings. The highest BCUT2D eigenvalue weighted by Crippen LogP contribution is 2.34. The summed E-state index contributed by atoms with van der Waals surface area (Å²) in [5.41, 5.74) is 2.49. The number of fused-ring (bicyclic) bond motifs is 3. The number of amides is 1. The molecule has 36 heavy (non-hydrogen) atoms. The van der Waals surface area contributed by atoms with E-state index < -0.39 is 5.69 Å². The summed E-state index contributed by atoms with van der Waals surface area (Å²) in [4.78, 5) is 43.4. The lowest BCUT2D eigenvalue weighted by Crippen LogP contribution is -2.39. The van der Waals surface area contributed by atoms with Gasteiger partial charge in [0.2, 0.25) is 5.91 Å². The Morgan fingerprint density at radius 2 is 1.86 bits per heavy atom. The Kier molecular flexibility index (Phi) is 6.17. The van der Waals surface area contributed by atoms with Crippen LogP contribution < -0.4 is 20.7 Å². The van der Waals surface area contributed by atoms with E-state index in [1.807, 2.05) is 31.2 Å². The summed E-state index contributed by atoms with van der Waals surface area (Å²) in [6, 6.07) is 12.9. The van der Waals surface area contributed by atoms with Gasteiger partial charge in [-0.1, -0.05) is 24.3 Å². The van der Waals surface area contributed by atoms with Crippen LogP contribution in [0.15, 0.2) is 52.1 Å². The van der Waals surface area contributed by atoms with E-state index in [4.69, 9.17) is 9.47 Å². The highest BCUT2D eigenvalue weighted by atomic mass is 32.1. The molecular weight excluding hydrogens is 478 g/mol. The van der Waals surface area contributed by atoms with Crippen LogP contribution in [0.2, 0.25) is 0 Å². The minimum atomic E-state index is -0.443. The Labute approximate surface area is 211 Å². The van der Waals surface area contributed by atoms with Crippen molar-refractivity contribution in [2.45, 2.75) is 33.4 Å². The zero-order chi connectivity index (χ0) is 25.6. The minimum absolute atomic E-state index is 0.00390. The first-order valence-corrected chi connectivity index (χ1v) is 12.5. The van der Waals surface area contributed by atoms with E-state index in [0.29, 0.717) is 53.5 Å². The summed E-state index contributed by atoms with van der Waals surface area (Å²) in [5, 5.41) is 0.532. The van der Waals surface area contributed by atoms with E-state index in [0.717, 1.165) is 21.6 Å².